The van der Waals surface area contributed by atoms with E-state index in [-0.39, 0.29) is 18.3 Å². The average Bonchev–Trinajstić information content (AvgIpc) is 2.88. The summed E-state index contributed by atoms with van der Waals surface area (Å²) < 4.78 is 91.1. The number of esters is 1. The van der Waals surface area contributed by atoms with Crippen LogP contribution >= 0.6 is 0 Å². The van der Waals surface area contributed by atoms with Gasteiger partial charge in [0.15, 0.2) is 11.6 Å². The molecule has 0 saturated carbocycles. The number of benzene rings is 3. The number of halogens is 6. The molecule has 36 heavy (non-hydrogen) atoms. The van der Waals surface area contributed by atoms with Crippen LogP contribution in [-0.4, -0.2) is 18.4 Å². The number of unbranched alkanes of at least 4 members (excludes halogenated alkanes) is 1. The molecule has 3 aromatic rings. The molecule has 0 radical (unpaired) electrons. The molecular weight excluding hydrogens is 492 g/mol. The van der Waals surface area contributed by atoms with Crippen molar-refractivity contribution in [3.05, 3.63) is 94.1 Å². The molecule has 0 aromatic heterocycles. The van der Waals surface area contributed by atoms with Crippen LogP contribution in [-0.2, 0) is 6.61 Å². The van der Waals surface area contributed by atoms with Crippen molar-refractivity contribution in [2.24, 2.45) is 0 Å². The molecule has 11 heteroatoms. The normalized spacial score (nSPS) is 10.8. The Kier molecular flexibility index (Phi) is 8.57. The molecule has 0 aliphatic heterocycles. The third-order valence-electron chi connectivity index (χ3n) is 4.96. The van der Waals surface area contributed by atoms with Gasteiger partial charge in [-0.15, -0.1) is 0 Å². The molecule has 190 valence electrons. The van der Waals surface area contributed by atoms with Gasteiger partial charge in [0, 0.05) is 12.1 Å². The second-order valence-electron chi connectivity index (χ2n) is 7.53. The molecule has 0 heterocycles. The van der Waals surface area contributed by atoms with Gasteiger partial charge in [0.25, 0.3) is 5.91 Å². The lowest BCUT2D eigenvalue weighted by Gasteiger charge is -2.11. The molecule has 0 bridgehead atoms. The summed E-state index contributed by atoms with van der Waals surface area (Å²) in [6, 6.07) is 9.01. The predicted molar refractivity (Wildman–Crippen MR) is 116 cm³/mol. The van der Waals surface area contributed by atoms with Gasteiger partial charge < -0.3 is 14.8 Å². The first kappa shape index (κ1) is 26.6. The quantitative estimate of drug-likeness (QED) is 0.0978. The molecule has 0 fully saturated rings. The van der Waals surface area contributed by atoms with E-state index in [1.807, 2.05) is 6.92 Å². The van der Waals surface area contributed by atoms with E-state index in [2.05, 4.69) is 10.1 Å². The number of hydrogen-bond donors (Lipinski definition) is 1. The van der Waals surface area contributed by atoms with E-state index in [1.165, 1.54) is 0 Å². The molecule has 0 spiro atoms. The first-order valence-corrected chi connectivity index (χ1v) is 10.7. The van der Waals surface area contributed by atoms with Gasteiger partial charge >= 0.3 is 5.97 Å². The molecule has 0 aliphatic carbocycles. The van der Waals surface area contributed by atoms with E-state index in [9.17, 15) is 35.9 Å². The van der Waals surface area contributed by atoms with Gasteiger partial charge in [-0.25, -0.2) is 22.4 Å². The Balaban J connectivity index is 1.65. The Hall–Kier alpha value is -4.02. The number of hydrogen-bond acceptors (Lipinski definition) is 4. The summed E-state index contributed by atoms with van der Waals surface area (Å²) in [7, 11) is 0. The maximum absolute atomic E-state index is 14.4. The van der Waals surface area contributed by atoms with Crippen molar-refractivity contribution in [3.8, 4) is 11.5 Å². The lowest BCUT2D eigenvalue weighted by atomic mass is 10.1. The van der Waals surface area contributed by atoms with Crippen LogP contribution in [0.3, 0.4) is 0 Å². The SMILES string of the molecule is CCCCNC(=O)c1ccc(COc2ccc(C(=O)Oc3c(F)c(F)c(F)c(F)c3F)cc2F)cc1. The van der Waals surface area contributed by atoms with E-state index in [1.54, 1.807) is 24.3 Å². The summed E-state index contributed by atoms with van der Waals surface area (Å²) in [6.45, 7) is 2.47. The highest BCUT2D eigenvalue weighted by molar-refractivity contribution is 5.94. The minimum absolute atomic E-state index is 0.0942. The zero-order chi connectivity index (χ0) is 26.4. The number of ether oxygens (including phenoxy) is 2. The summed E-state index contributed by atoms with van der Waals surface area (Å²) in [5, 5.41) is 2.78. The van der Waals surface area contributed by atoms with Crippen molar-refractivity contribution in [2.45, 2.75) is 26.4 Å². The summed E-state index contributed by atoms with van der Waals surface area (Å²) in [6.07, 6.45) is 1.80. The predicted octanol–water partition coefficient (Wildman–Crippen LogP) is 5.85. The third kappa shape index (κ3) is 5.96. The molecule has 1 amide bonds. The molecule has 3 aromatic carbocycles. The highest BCUT2D eigenvalue weighted by atomic mass is 19.2. The van der Waals surface area contributed by atoms with Gasteiger partial charge in [-0.3, -0.25) is 4.79 Å². The van der Waals surface area contributed by atoms with Crippen molar-refractivity contribution in [3.63, 3.8) is 0 Å². The Morgan fingerprint density at radius 2 is 1.39 bits per heavy atom. The monoisotopic (exact) mass is 511 g/mol. The van der Waals surface area contributed by atoms with Crippen LogP contribution in [0.15, 0.2) is 42.5 Å². The zero-order valence-corrected chi connectivity index (χ0v) is 18.8. The maximum atomic E-state index is 14.4. The van der Waals surface area contributed by atoms with Crippen molar-refractivity contribution < 1.29 is 45.4 Å². The Bertz CT molecular complexity index is 1250. The fourth-order valence-electron chi connectivity index (χ4n) is 2.97. The van der Waals surface area contributed by atoms with E-state index in [0.717, 1.165) is 25.0 Å². The molecular formula is C25H19F6NO4. The second-order valence-corrected chi connectivity index (χ2v) is 7.53. The smallest absolute Gasteiger partial charge is 0.343 e. The van der Waals surface area contributed by atoms with Crippen molar-refractivity contribution >= 4 is 11.9 Å². The van der Waals surface area contributed by atoms with Gasteiger partial charge in [-0.1, -0.05) is 25.5 Å². The van der Waals surface area contributed by atoms with E-state index in [0.29, 0.717) is 23.7 Å². The molecule has 0 atom stereocenters. The summed E-state index contributed by atoms with van der Waals surface area (Å²) >= 11 is 0. The highest BCUT2D eigenvalue weighted by Crippen LogP contribution is 2.30. The van der Waals surface area contributed by atoms with Crippen LogP contribution in [0.4, 0.5) is 26.3 Å². The van der Waals surface area contributed by atoms with Crippen molar-refractivity contribution in [1.82, 2.24) is 5.32 Å². The average molecular weight is 511 g/mol. The maximum Gasteiger partial charge on any atom is 0.343 e. The van der Waals surface area contributed by atoms with Gasteiger partial charge in [0.05, 0.1) is 5.56 Å². The van der Waals surface area contributed by atoms with E-state index in [4.69, 9.17) is 4.74 Å². The first-order chi connectivity index (χ1) is 17.1. The topological polar surface area (TPSA) is 64.6 Å². The van der Waals surface area contributed by atoms with Gasteiger partial charge in [-0.2, -0.15) is 8.78 Å². The van der Waals surface area contributed by atoms with Gasteiger partial charge in [0.1, 0.15) is 6.61 Å². The number of carbonyl (C=O) groups is 2. The van der Waals surface area contributed by atoms with Crippen LogP contribution in [0.5, 0.6) is 11.5 Å². The standard InChI is InChI=1S/C25H19F6NO4/c1-2-3-10-32-24(33)14-6-4-13(5-7-14)12-35-17-9-8-15(11-16(17)26)25(34)36-23-21(30)19(28)18(27)20(29)22(23)31/h4-9,11H,2-3,10,12H2,1H3,(H,32,33). The van der Waals surface area contributed by atoms with Crippen LogP contribution in [0.2, 0.25) is 0 Å². The lowest BCUT2D eigenvalue weighted by Crippen LogP contribution is -2.24. The van der Waals surface area contributed by atoms with E-state index < -0.39 is 52.2 Å². The molecule has 3 rings (SSSR count). The zero-order valence-electron chi connectivity index (χ0n) is 18.8. The van der Waals surface area contributed by atoms with E-state index >= 15 is 0 Å². The molecule has 0 saturated heterocycles. The van der Waals surface area contributed by atoms with Crippen LogP contribution in [0.1, 0.15) is 46.0 Å². The number of nitrogens with one attached hydrogen (secondary N) is 1. The lowest BCUT2D eigenvalue weighted by molar-refractivity contribution is 0.0715. The fraction of sp³-hybridized carbons (Fsp3) is 0.200. The third-order valence-corrected chi connectivity index (χ3v) is 4.96. The fourth-order valence-corrected chi connectivity index (χ4v) is 2.97. The summed E-state index contributed by atoms with van der Waals surface area (Å²) in [4.78, 5) is 24.1. The Morgan fingerprint density at radius 3 is 1.97 bits per heavy atom. The van der Waals surface area contributed by atoms with Gasteiger partial charge in [0.2, 0.25) is 34.8 Å². The first-order valence-electron chi connectivity index (χ1n) is 10.7. The molecule has 1 N–H and O–H groups in total. The summed E-state index contributed by atoms with van der Waals surface area (Å²) in [5.41, 5.74) is 0.481. The minimum atomic E-state index is -2.41. The van der Waals surface area contributed by atoms with Gasteiger partial charge in [-0.05, 0) is 42.3 Å². The molecule has 0 aliphatic rings. The minimum Gasteiger partial charge on any atom is -0.486 e. The Labute approximate surface area is 201 Å². The second kappa shape index (κ2) is 11.6. The summed E-state index contributed by atoms with van der Waals surface area (Å²) in [5.74, 6) is -16.6. The number of rotatable bonds is 9. The highest BCUT2D eigenvalue weighted by Gasteiger charge is 2.29. The van der Waals surface area contributed by atoms with Crippen LogP contribution in [0.25, 0.3) is 0 Å². The van der Waals surface area contributed by atoms with Crippen molar-refractivity contribution in [1.29, 1.82) is 0 Å². The Morgan fingerprint density at radius 1 is 0.806 bits per heavy atom. The van der Waals surface area contributed by atoms with Crippen LogP contribution < -0.4 is 14.8 Å². The largest absolute Gasteiger partial charge is 0.486 e. The van der Waals surface area contributed by atoms with Crippen LogP contribution in [0, 0.1) is 34.9 Å². The molecule has 5 nitrogen and oxygen atoms in total. The molecule has 0 unspecified atom stereocenters. The van der Waals surface area contributed by atoms with Crippen molar-refractivity contribution in [2.75, 3.05) is 6.54 Å². The number of amides is 1. The number of carbonyl (C=O) groups excluding carboxylic acids is 2.